The molecule has 1 amide bonds. The van der Waals surface area contributed by atoms with Crippen molar-refractivity contribution >= 4 is 18.0 Å². The second-order valence-electron chi connectivity index (χ2n) is 6.05. The van der Waals surface area contributed by atoms with Crippen LogP contribution in [0.4, 0.5) is 0 Å². The lowest BCUT2D eigenvalue weighted by Crippen LogP contribution is -2.35. The summed E-state index contributed by atoms with van der Waals surface area (Å²) in [5.41, 5.74) is 1.51. The minimum absolute atomic E-state index is 0.267. The van der Waals surface area contributed by atoms with Crippen molar-refractivity contribution in [3.63, 3.8) is 0 Å². The number of esters is 1. The smallest absolute Gasteiger partial charge is 0.331 e. The fourth-order valence-corrected chi connectivity index (χ4v) is 2.56. The summed E-state index contributed by atoms with van der Waals surface area (Å²) in [5.74, 6) is 0.828. The molecule has 0 saturated heterocycles. The predicted octanol–water partition coefficient (Wildman–Crippen LogP) is 2.97. The van der Waals surface area contributed by atoms with E-state index in [9.17, 15) is 9.59 Å². The van der Waals surface area contributed by atoms with Crippen molar-refractivity contribution in [2.45, 2.75) is 19.6 Å². The van der Waals surface area contributed by atoms with Gasteiger partial charge in [-0.25, -0.2) is 4.79 Å². The molecule has 0 aromatic heterocycles. The molecule has 2 rings (SSSR count). The van der Waals surface area contributed by atoms with Crippen LogP contribution in [0.15, 0.2) is 48.5 Å². The summed E-state index contributed by atoms with van der Waals surface area (Å²) in [6.45, 7) is 1.78. The van der Waals surface area contributed by atoms with E-state index in [0.717, 1.165) is 5.56 Å². The molecule has 0 bridgehead atoms. The van der Waals surface area contributed by atoms with Crippen LogP contribution in [-0.4, -0.2) is 39.3 Å². The number of hydrogen-bond acceptors (Lipinski definition) is 6. The van der Waals surface area contributed by atoms with Gasteiger partial charge in [0.1, 0.15) is 17.2 Å². The molecule has 29 heavy (non-hydrogen) atoms. The van der Waals surface area contributed by atoms with Gasteiger partial charge in [0.25, 0.3) is 5.91 Å². The zero-order valence-electron chi connectivity index (χ0n) is 16.9. The molecule has 1 unspecified atom stereocenters. The Balaban J connectivity index is 1.91. The number of benzene rings is 2. The third-order valence-electron chi connectivity index (χ3n) is 4.15. The Morgan fingerprint density at radius 1 is 1.00 bits per heavy atom. The number of para-hydroxylation sites is 1. The molecule has 7 heteroatoms. The molecule has 2 aromatic carbocycles. The van der Waals surface area contributed by atoms with Gasteiger partial charge in [0.15, 0.2) is 6.10 Å². The number of rotatable bonds is 9. The van der Waals surface area contributed by atoms with Crippen LogP contribution in [0, 0.1) is 0 Å². The molecular weight excluding hydrogens is 374 g/mol. The van der Waals surface area contributed by atoms with Crippen molar-refractivity contribution in [1.29, 1.82) is 0 Å². The molecule has 154 valence electrons. The molecule has 0 aliphatic carbocycles. The number of nitrogens with one attached hydrogen (secondary N) is 1. The molecule has 1 N–H and O–H groups in total. The van der Waals surface area contributed by atoms with Gasteiger partial charge in [-0.15, -0.1) is 0 Å². The summed E-state index contributed by atoms with van der Waals surface area (Å²) >= 11 is 0. The Morgan fingerprint density at radius 3 is 2.41 bits per heavy atom. The monoisotopic (exact) mass is 399 g/mol. The van der Waals surface area contributed by atoms with E-state index in [1.807, 2.05) is 24.3 Å². The molecule has 0 heterocycles. The zero-order valence-corrected chi connectivity index (χ0v) is 16.9. The highest BCUT2D eigenvalue weighted by atomic mass is 16.5. The topological polar surface area (TPSA) is 83.1 Å². The van der Waals surface area contributed by atoms with E-state index in [2.05, 4.69) is 5.32 Å². The third kappa shape index (κ3) is 6.27. The molecule has 2 aromatic rings. The maximum atomic E-state index is 12.2. The van der Waals surface area contributed by atoms with E-state index >= 15 is 0 Å². The van der Waals surface area contributed by atoms with Crippen LogP contribution in [0.5, 0.6) is 17.2 Å². The number of amides is 1. The van der Waals surface area contributed by atoms with Crippen molar-refractivity contribution < 1.29 is 28.5 Å². The minimum Gasteiger partial charge on any atom is -0.497 e. The molecule has 0 saturated carbocycles. The van der Waals surface area contributed by atoms with Gasteiger partial charge < -0.3 is 24.3 Å². The standard InChI is InChI=1S/C22H25NO6/c1-15(22(25)23-14-17-7-5-6-8-19(17)27-3)29-21(24)12-10-16-9-11-18(26-2)13-20(16)28-4/h5-13,15H,14H2,1-4H3,(H,23,25)/b12-10+. The van der Waals surface area contributed by atoms with Crippen molar-refractivity contribution in [3.8, 4) is 17.2 Å². The highest BCUT2D eigenvalue weighted by Crippen LogP contribution is 2.25. The van der Waals surface area contributed by atoms with Crippen molar-refractivity contribution in [3.05, 3.63) is 59.7 Å². The fourth-order valence-electron chi connectivity index (χ4n) is 2.56. The van der Waals surface area contributed by atoms with Gasteiger partial charge in [0.2, 0.25) is 0 Å². The first kappa shape index (κ1) is 21.8. The van der Waals surface area contributed by atoms with Crippen LogP contribution >= 0.6 is 0 Å². The SMILES string of the molecule is COc1ccc(/C=C/C(=O)OC(C)C(=O)NCc2ccccc2OC)c(OC)c1. The van der Waals surface area contributed by atoms with Crippen LogP contribution in [0.2, 0.25) is 0 Å². The van der Waals surface area contributed by atoms with Gasteiger partial charge >= 0.3 is 5.97 Å². The average Bonchev–Trinajstić information content (AvgIpc) is 2.75. The van der Waals surface area contributed by atoms with E-state index in [1.54, 1.807) is 38.5 Å². The van der Waals surface area contributed by atoms with Gasteiger partial charge in [-0.05, 0) is 31.2 Å². The number of methoxy groups -OCH3 is 3. The normalized spacial score (nSPS) is 11.6. The molecular formula is C22H25NO6. The van der Waals surface area contributed by atoms with E-state index in [1.165, 1.54) is 20.1 Å². The Labute approximate surface area is 170 Å². The van der Waals surface area contributed by atoms with E-state index in [0.29, 0.717) is 22.8 Å². The summed E-state index contributed by atoms with van der Waals surface area (Å²) < 4.78 is 20.8. The summed E-state index contributed by atoms with van der Waals surface area (Å²) in [5, 5.41) is 2.73. The van der Waals surface area contributed by atoms with Crippen LogP contribution in [-0.2, 0) is 20.9 Å². The maximum Gasteiger partial charge on any atom is 0.331 e. The van der Waals surface area contributed by atoms with Crippen LogP contribution < -0.4 is 19.5 Å². The third-order valence-corrected chi connectivity index (χ3v) is 4.15. The quantitative estimate of drug-likeness (QED) is 0.516. The fraction of sp³-hybridized carbons (Fsp3) is 0.273. The lowest BCUT2D eigenvalue weighted by atomic mass is 10.1. The van der Waals surface area contributed by atoms with E-state index in [-0.39, 0.29) is 6.54 Å². The zero-order chi connectivity index (χ0) is 21.2. The second-order valence-corrected chi connectivity index (χ2v) is 6.05. The van der Waals surface area contributed by atoms with Crippen LogP contribution in [0.25, 0.3) is 6.08 Å². The highest BCUT2D eigenvalue weighted by molar-refractivity contribution is 5.90. The first-order chi connectivity index (χ1) is 14.0. The summed E-state index contributed by atoms with van der Waals surface area (Å²) in [6, 6.07) is 12.6. The Morgan fingerprint density at radius 2 is 1.72 bits per heavy atom. The average molecular weight is 399 g/mol. The summed E-state index contributed by atoms with van der Waals surface area (Å²) in [4.78, 5) is 24.3. The van der Waals surface area contributed by atoms with Crippen LogP contribution in [0.3, 0.4) is 0 Å². The molecule has 7 nitrogen and oxygen atoms in total. The number of hydrogen-bond donors (Lipinski definition) is 1. The first-order valence-corrected chi connectivity index (χ1v) is 8.98. The van der Waals surface area contributed by atoms with Gasteiger partial charge in [-0.2, -0.15) is 0 Å². The Hall–Kier alpha value is -3.48. The second kappa shape index (κ2) is 10.8. The molecule has 0 aliphatic heterocycles. The lowest BCUT2D eigenvalue weighted by Gasteiger charge is -2.14. The number of carbonyl (C=O) groups excluding carboxylic acids is 2. The van der Waals surface area contributed by atoms with Gasteiger partial charge in [-0.1, -0.05) is 18.2 Å². The van der Waals surface area contributed by atoms with Gasteiger partial charge in [0, 0.05) is 29.8 Å². The maximum absolute atomic E-state index is 12.2. The van der Waals surface area contributed by atoms with E-state index in [4.69, 9.17) is 18.9 Å². The van der Waals surface area contributed by atoms with Crippen molar-refractivity contribution in [2.75, 3.05) is 21.3 Å². The van der Waals surface area contributed by atoms with Crippen molar-refractivity contribution in [2.24, 2.45) is 0 Å². The van der Waals surface area contributed by atoms with Gasteiger partial charge in [0.05, 0.1) is 21.3 Å². The minimum atomic E-state index is -0.945. The molecule has 0 aliphatic rings. The predicted molar refractivity (Wildman–Crippen MR) is 109 cm³/mol. The molecule has 1 atom stereocenters. The summed E-state index contributed by atoms with van der Waals surface area (Å²) in [7, 11) is 4.65. The number of ether oxygens (including phenoxy) is 4. The van der Waals surface area contributed by atoms with E-state index < -0.39 is 18.0 Å². The van der Waals surface area contributed by atoms with Gasteiger partial charge in [-0.3, -0.25) is 4.79 Å². The molecule has 0 radical (unpaired) electrons. The Bertz CT molecular complexity index is 877. The molecule has 0 spiro atoms. The summed E-state index contributed by atoms with van der Waals surface area (Å²) in [6.07, 6.45) is 1.86. The largest absolute Gasteiger partial charge is 0.497 e. The van der Waals surface area contributed by atoms with Crippen LogP contribution in [0.1, 0.15) is 18.1 Å². The molecule has 0 fully saturated rings. The highest BCUT2D eigenvalue weighted by Gasteiger charge is 2.17. The number of carbonyl (C=O) groups is 2. The Kier molecular flexibility index (Phi) is 8.09. The van der Waals surface area contributed by atoms with Crippen molar-refractivity contribution in [1.82, 2.24) is 5.32 Å². The first-order valence-electron chi connectivity index (χ1n) is 8.98. The lowest BCUT2D eigenvalue weighted by molar-refractivity contribution is -0.150.